The molecule has 1 nitrogen and oxygen atoms in total. The van der Waals surface area contributed by atoms with Crippen molar-refractivity contribution in [3.8, 4) is 0 Å². The maximum absolute atomic E-state index is 2.49. The van der Waals surface area contributed by atoms with Crippen molar-refractivity contribution in [1.82, 2.24) is 4.90 Å². The van der Waals surface area contributed by atoms with Crippen molar-refractivity contribution >= 4 is 11.8 Å². The number of likely N-dealkylation sites (tertiary alicyclic amines) is 1. The first-order valence-corrected chi connectivity index (χ1v) is 7.67. The van der Waals surface area contributed by atoms with E-state index in [-0.39, 0.29) is 0 Å². The monoisotopic (exact) mass is 275 g/mol. The molecule has 0 amide bonds. The van der Waals surface area contributed by atoms with Gasteiger partial charge in [-0.25, -0.2) is 0 Å². The summed E-state index contributed by atoms with van der Waals surface area (Å²) in [6.07, 6.45) is 9.17. The number of allylic oxidation sites excluding steroid dienone is 2. The summed E-state index contributed by atoms with van der Waals surface area (Å²) < 4.78 is 0. The predicted octanol–water partition coefficient (Wildman–Crippen LogP) is 4.84. The number of nitrogens with zero attached hydrogens (tertiary/aromatic N) is 1. The molecule has 21 heavy (non-hydrogen) atoms. The van der Waals surface area contributed by atoms with Crippen LogP contribution in [0.25, 0.3) is 11.8 Å². The molecule has 1 heterocycles. The van der Waals surface area contributed by atoms with Crippen LogP contribution in [0.2, 0.25) is 0 Å². The first kappa shape index (κ1) is 13.7. The molecule has 1 saturated heterocycles. The number of rotatable bonds is 4. The molecule has 2 aromatic carbocycles. The van der Waals surface area contributed by atoms with Crippen molar-refractivity contribution in [1.29, 1.82) is 0 Å². The summed E-state index contributed by atoms with van der Waals surface area (Å²) in [6, 6.07) is 21.1. The summed E-state index contributed by atoms with van der Waals surface area (Å²) in [5, 5.41) is 0. The van der Waals surface area contributed by atoms with Crippen LogP contribution in [0.5, 0.6) is 0 Å². The third kappa shape index (κ3) is 3.63. The van der Waals surface area contributed by atoms with E-state index in [0.717, 1.165) is 0 Å². The van der Waals surface area contributed by atoms with E-state index >= 15 is 0 Å². The fourth-order valence-corrected chi connectivity index (χ4v) is 2.77. The fourth-order valence-electron chi connectivity index (χ4n) is 2.77. The maximum Gasteiger partial charge on any atom is 0.0439 e. The van der Waals surface area contributed by atoms with Gasteiger partial charge in [0, 0.05) is 18.8 Å². The lowest BCUT2D eigenvalue weighted by molar-refractivity contribution is 0.493. The van der Waals surface area contributed by atoms with E-state index in [9.17, 15) is 0 Å². The molecule has 0 atom stereocenters. The molecule has 106 valence electrons. The molecular weight excluding hydrogens is 254 g/mol. The van der Waals surface area contributed by atoms with Gasteiger partial charge >= 0.3 is 0 Å². The Kier molecular flexibility index (Phi) is 4.52. The van der Waals surface area contributed by atoms with Crippen molar-refractivity contribution in [2.75, 3.05) is 13.1 Å². The van der Waals surface area contributed by atoms with Gasteiger partial charge in [-0.2, -0.15) is 0 Å². The summed E-state index contributed by atoms with van der Waals surface area (Å²) in [5.41, 5.74) is 3.87. The Morgan fingerprint density at radius 1 is 0.810 bits per heavy atom. The first-order valence-electron chi connectivity index (χ1n) is 7.67. The summed E-state index contributed by atoms with van der Waals surface area (Å²) >= 11 is 0. The Morgan fingerprint density at radius 2 is 1.43 bits per heavy atom. The molecule has 0 unspecified atom stereocenters. The van der Waals surface area contributed by atoms with Gasteiger partial charge in [0.2, 0.25) is 0 Å². The molecular formula is C20H21N. The van der Waals surface area contributed by atoms with Gasteiger partial charge in [0.1, 0.15) is 0 Å². The quantitative estimate of drug-likeness (QED) is 0.722. The van der Waals surface area contributed by atoms with Gasteiger partial charge in [-0.15, -0.1) is 0 Å². The van der Waals surface area contributed by atoms with Crippen molar-refractivity contribution in [3.05, 3.63) is 83.9 Å². The Labute approximate surface area is 127 Å². The van der Waals surface area contributed by atoms with Gasteiger partial charge < -0.3 is 4.90 Å². The van der Waals surface area contributed by atoms with E-state index in [1.165, 1.54) is 42.8 Å². The van der Waals surface area contributed by atoms with Gasteiger partial charge in [0.25, 0.3) is 0 Å². The van der Waals surface area contributed by atoms with Gasteiger partial charge in [-0.1, -0.05) is 72.8 Å². The fraction of sp³-hybridized carbons (Fsp3) is 0.200. The Balaban J connectivity index is 1.84. The summed E-state index contributed by atoms with van der Waals surface area (Å²) in [6.45, 7) is 2.33. The van der Waals surface area contributed by atoms with Crippen LogP contribution in [-0.4, -0.2) is 18.0 Å². The Bertz CT molecular complexity index is 605. The largest absolute Gasteiger partial charge is 0.371 e. The molecule has 0 radical (unpaired) electrons. The third-order valence-electron chi connectivity index (χ3n) is 3.86. The van der Waals surface area contributed by atoms with Crippen LogP contribution in [0.1, 0.15) is 24.0 Å². The van der Waals surface area contributed by atoms with E-state index in [1.807, 2.05) is 6.07 Å². The molecule has 1 fully saturated rings. The van der Waals surface area contributed by atoms with Crippen LogP contribution in [0.3, 0.4) is 0 Å². The number of hydrogen-bond acceptors (Lipinski definition) is 1. The van der Waals surface area contributed by atoms with Gasteiger partial charge in [-0.3, -0.25) is 0 Å². The Morgan fingerprint density at radius 3 is 2.10 bits per heavy atom. The molecule has 0 N–H and O–H groups in total. The van der Waals surface area contributed by atoms with Crippen LogP contribution in [-0.2, 0) is 0 Å². The summed E-state index contributed by atoms with van der Waals surface area (Å²) in [5.74, 6) is 0. The minimum absolute atomic E-state index is 1.17. The average molecular weight is 275 g/mol. The first-order chi connectivity index (χ1) is 10.4. The topological polar surface area (TPSA) is 3.24 Å². The highest BCUT2D eigenvalue weighted by Crippen LogP contribution is 2.24. The van der Waals surface area contributed by atoms with Crippen molar-refractivity contribution < 1.29 is 0 Å². The molecule has 1 aliphatic heterocycles. The van der Waals surface area contributed by atoms with Gasteiger partial charge in [-0.05, 0) is 30.0 Å². The lowest BCUT2D eigenvalue weighted by Crippen LogP contribution is -2.17. The highest BCUT2D eigenvalue weighted by Gasteiger charge is 2.15. The zero-order chi connectivity index (χ0) is 14.3. The van der Waals surface area contributed by atoms with Crippen LogP contribution in [0.15, 0.2) is 72.8 Å². The zero-order valence-corrected chi connectivity index (χ0v) is 12.3. The zero-order valence-electron chi connectivity index (χ0n) is 12.3. The van der Waals surface area contributed by atoms with Crippen molar-refractivity contribution in [2.24, 2.45) is 0 Å². The molecule has 1 heteroatoms. The highest BCUT2D eigenvalue weighted by molar-refractivity contribution is 5.67. The van der Waals surface area contributed by atoms with Crippen LogP contribution in [0.4, 0.5) is 0 Å². The summed E-state index contributed by atoms with van der Waals surface area (Å²) in [7, 11) is 0. The third-order valence-corrected chi connectivity index (χ3v) is 3.86. The second-order valence-electron chi connectivity index (χ2n) is 5.38. The van der Waals surface area contributed by atoms with E-state index in [4.69, 9.17) is 0 Å². The summed E-state index contributed by atoms with van der Waals surface area (Å²) in [4.78, 5) is 2.49. The molecule has 0 aliphatic carbocycles. The SMILES string of the molecule is C(=C\c1ccccc1)/C=C(\c1ccccc1)N1CCCC1. The van der Waals surface area contributed by atoms with Crippen molar-refractivity contribution in [2.45, 2.75) is 12.8 Å². The van der Waals surface area contributed by atoms with E-state index < -0.39 is 0 Å². The molecule has 0 bridgehead atoms. The lowest BCUT2D eigenvalue weighted by Gasteiger charge is -2.21. The molecule has 0 saturated carbocycles. The molecule has 0 spiro atoms. The van der Waals surface area contributed by atoms with Crippen LogP contribution in [0, 0.1) is 0 Å². The predicted molar refractivity (Wildman–Crippen MR) is 90.7 cm³/mol. The second-order valence-corrected chi connectivity index (χ2v) is 5.38. The molecule has 3 rings (SSSR count). The molecule has 2 aromatic rings. The number of hydrogen-bond donors (Lipinski definition) is 0. The van der Waals surface area contributed by atoms with E-state index in [2.05, 4.69) is 77.7 Å². The maximum atomic E-state index is 2.49. The smallest absolute Gasteiger partial charge is 0.0439 e. The van der Waals surface area contributed by atoms with E-state index in [0.29, 0.717) is 0 Å². The highest BCUT2D eigenvalue weighted by atomic mass is 15.1. The minimum Gasteiger partial charge on any atom is -0.371 e. The van der Waals surface area contributed by atoms with Crippen LogP contribution < -0.4 is 0 Å². The normalized spacial score (nSPS) is 15.8. The van der Waals surface area contributed by atoms with Gasteiger partial charge in [0.05, 0.1) is 0 Å². The van der Waals surface area contributed by atoms with Gasteiger partial charge in [0.15, 0.2) is 0 Å². The Hall–Kier alpha value is -2.28. The standard InChI is InChI=1S/C20H21N/c1-3-10-18(11-4-1)12-9-15-20(21-16-7-8-17-21)19-13-5-2-6-14-19/h1-6,9-15H,7-8,16-17H2/b12-9+,20-15+. The van der Waals surface area contributed by atoms with Crippen molar-refractivity contribution in [3.63, 3.8) is 0 Å². The molecule has 0 aromatic heterocycles. The second kappa shape index (κ2) is 6.94. The van der Waals surface area contributed by atoms with E-state index in [1.54, 1.807) is 0 Å². The number of benzene rings is 2. The average Bonchev–Trinajstić information content (AvgIpc) is 3.07. The minimum atomic E-state index is 1.17. The lowest BCUT2D eigenvalue weighted by atomic mass is 10.1. The van der Waals surface area contributed by atoms with Crippen LogP contribution >= 0.6 is 0 Å². The molecule has 1 aliphatic rings.